The fourth-order valence-electron chi connectivity index (χ4n) is 3.68. The van der Waals surface area contributed by atoms with Crippen molar-refractivity contribution in [2.45, 2.75) is 13.3 Å². The van der Waals surface area contributed by atoms with Gasteiger partial charge in [-0.3, -0.25) is 9.59 Å². The number of halogens is 2. The molecule has 3 aromatic rings. The Balaban J connectivity index is 1.37. The summed E-state index contributed by atoms with van der Waals surface area (Å²) in [5.41, 5.74) is 2.39. The first kappa shape index (κ1) is 22.2. The minimum atomic E-state index is -0.347. The van der Waals surface area contributed by atoms with Crippen molar-refractivity contribution in [1.29, 1.82) is 0 Å². The number of nitrogens with one attached hydrogen (secondary N) is 1. The van der Waals surface area contributed by atoms with Crippen LogP contribution >= 0.6 is 23.2 Å². The first-order valence-corrected chi connectivity index (χ1v) is 11.2. The van der Waals surface area contributed by atoms with E-state index in [1.165, 1.54) is 0 Å². The van der Waals surface area contributed by atoms with Gasteiger partial charge in [-0.25, -0.2) is 0 Å². The molecular weight excluding hydrogens is 449 g/mol. The summed E-state index contributed by atoms with van der Waals surface area (Å²) in [5, 5.41) is 3.83. The minimum Gasteiger partial charge on any atom is -0.451 e. The highest BCUT2D eigenvalue weighted by atomic mass is 35.5. The lowest BCUT2D eigenvalue weighted by Gasteiger charge is -2.36. The zero-order valence-electron chi connectivity index (χ0n) is 17.6. The highest BCUT2D eigenvalue weighted by Crippen LogP contribution is 2.31. The third-order valence-corrected chi connectivity index (χ3v) is 6.00. The normalized spacial score (nSPS) is 13.8. The molecule has 1 aromatic heterocycles. The van der Waals surface area contributed by atoms with Gasteiger partial charge in [-0.1, -0.05) is 30.1 Å². The van der Waals surface area contributed by atoms with Gasteiger partial charge in [0.15, 0.2) is 5.76 Å². The molecule has 0 spiro atoms. The van der Waals surface area contributed by atoms with Crippen LogP contribution in [0.15, 0.2) is 59.0 Å². The van der Waals surface area contributed by atoms with Crippen LogP contribution in [0.5, 0.6) is 0 Å². The van der Waals surface area contributed by atoms with Gasteiger partial charge in [0.1, 0.15) is 5.76 Å². The first-order valence-electron chi connectivity index (χ1n) is 10.4. The summed E-state index contributed by atoms with van der Waals surface area (Å²) in [5.74, 6) is 0.530. The van der Waals surface area contributed by atoms with Gasteiger partial charge in [0.25, 0.3) is 5.91 Å². The Bertz CT molecular complexity index is 1120. The van der Waals surface area contributed by atoms with E-state index in [9.17, 15) is 9.59 Å². The quantitative estimate of drug-likeness (QED) is 0.528. The number of hydrogen-bond donors (Lipinski definition) is 1. The van der Waals surface area contributed by atoms with Crippen LogP contribution in [0.4, 0.5) is 11.4 Å². The Kier molecular flexibility index (Phi) is 6.72. The molecule has 2 aromatic carbocycles. The molecule has 6 nitrogen and oxygen atoms in total. The van der Waals surface area contributed by atoms with E-state index < -0.39 is 0 Å². The fraction of sp³-hybridized carbons (Fsp3) is 0.250. The van der Waals surface area contributed by atoms with Gasteiger partial charge in [0.05, 0.1) is 5.02 Å². The molecule has 1 aliphatic heterocycles. The smallest absolute Gasteiger partial charge is 0.291 e. The molecule has 0 radical (unpaired) electrons. The number of piperazine rings is 1. The molecule has 2 heterocycles. The van der Waals surface area contributed by atoms with Crippen molar-refractivity contribution in [1.82, 2.24) is 4.90 Å². The largest absolute Gasteiger partial charge is 0.451 e. The van der Waals surface area contributed by atoms with Crippen LogP contribution in [0.25, 0.3) is 11.3 Å². The van der Waals surface area contributed by atoms with Gasteiger partial charge >= 0.3 is 0 Å². The van der Waals surface area contributed by atoms with Crippen LogP contribution in [0.3, 0.4) is 0 Å². The molecule has 32 heavy (non-hydrogen) atoms. The van der Waals surface area contributed by atoms with E-state index in [0.29, 0.717) is 33.5 Å². The maximum atomic E-state index is 12.6. The Labute approximate surface area is 196 Å². The molecule has 0 atom stereocenters. The van der Waals surface area contributed by atoms with Crippen molar-refractivity contribution in [2.24, 2.45) is 0 Å². The number of carbonyl (C=O) groups is 2. The second-order valence-electron chi connectivity index (χ2n) is 7.51. The van der Waals surface area contributed by atoms with Crippen LogP contribution in [0, 0.1) is 0 Å². The molecule has 166 valence electrons. The Hall–Kier alpha value is -2.96. The van der Waals surface area contributed by atoms with Crippen LogP contribution in [-0.2, 0) is 4.79 Å². The van der Waals surface area contributed by atoms with E-state index in [1.807, 2.05) is 36.1 Å². The van der Waals surface area contributed by atoms with E-state index in [2.05, 4.69) is 10.2 Å². The molecule has 0 bridgehead atoms. The average Bonchev–Trinajstić information content (AvgIpc) is 3.29. The molecule has 1 aliphatic rings. The van der Waals surface area contributed by atoms with Crippen molar-refractivity contribution >= 4 is 46.4 Å². The molecule has 8 heteroatoms. The lowest BCUT2D eigenvalue weighted by molar-refractivity contribution is -0.131. The third-order valence-electron chi connectivity index (χ3n) is 5.45. The Morgan fingerprint density at radius 2 is 1.69 bits per heavy atom. The molecule has 2 amide bonds. The molecule has 1 N–H and O–H groups in total. The Morgan fingerprint density at radius 1 is 0.969 bits per heavy atom. The summed E-state index contributed by atoms with van der Waals surface area (Å²) in [6, 6.07) is 16.1. The number of hydrogen-bond acceptors (Lipinski definition) is 4. The van der Waals surface area contributed by atoms with E-state index in [1.54, 1.807) is 30.3 Å². The summed E-state index contributed by atoms with van der Waals surface area (Å²) < 4.78 is 5.70. The van der Waals surface area contributed by atoms with Gasteiger partial charge in [-0.15, -0.1) is 0 Å². The molecular formula is C24H23Cl2N3O3. The highest BCUT2D eigenvalue weighted by molar-refractivity contribution is 6.36. The monoisotopic (exact) mass is 471 g/mol. The van der Waals surface area contributed by atoms with Crippen molar-refractivity contribution in [3.63, 3.8) is 0 Å². The van der Waals surface area contributed by atoms with Crippen LogP contribution in [-0.4, -0.2) is 42.9 Å². The van der Waals surface area contributed by atoms with E-state index in [4.69, 9.17) is 27.6 Å². The van der Waals surface area contributed by atoms with Gasteiger partial charge in [-0.05, 0) is 54.6 Å². The van der Waals surface area contributed by atoms with E-state index in [-0.39, 0.29) is 17.6 Å². The van der Waals surface area contributed by atoms with Crippen LogP contribution < -0.4 is 10.2 Å². The van der Waals surface area contributed by atoms with Crippen LogP contribution in [0.2, 0.25) is 10.0 Å². The fourth-order valence-corrected chi connectivity index (χ4v) is 4.18. The number of nitrogens with zero attached hydrogens (tertiary/aromatic N) is 2. The molecule has 1 fully saturated rings. The zero-order chi connectivity index (χ0) is 22.7. The number of amides is 2. The summed E-state index contributed by atoms with van der Waals surface area (Å²) in [4.78, 5) is 28.6. The SMILES string of the molecule is CCC(=O)N1CCN(c2ccc(NC(=O)c3ccc(-c4ccc(Cl)cc4Cl)o3)cc2)CC1. The predicted molar refractivity (Wildman–Crippen MR) is 128 cm³/mol. The standard InChI is InChI=1S/C24H23Cl2N3O3/c1-2-23(30)29-13-11-28(12-14-29)18-6-4-17(5-7-18)27-24(31)22-10-9-21(32-22)19-8-3-16(25)15-20(19)26/h3-10,15H,2,11-14H2,1H3,(H,27,31). The molecule has 0 saturated carbocycles. The summed E-state index contributed by atoms with van der Waals surface area (Å²) in [7, 11) is 0. The first-order chi connectivity index (χ1) is 15.4. The lowest BCUT2D eigenvalue weighted by atomic mass is 10.2. The topological polar surface area (TPSA) is 65.8 Å². The van der Waals surface area contributed by atoms with Gasteiger partial charge in [0.2, 0.25) is 5.91 Å². The minimum absolute atomic E-state index is 0.187. The number of carbonyl (C=O) groups excluding carboxylic acids is 2. The Morgan fingerprint density at radius 3 is 2.34 bits per heavy atom. The van der Waals surface area contributed by atoms with Crippen molar-refractivity contribution in [3.8, 4) is 11.3 Å². The third kappa shape index (κ3) is 4.92. The molecule has 1 saturated heterocycles. The van der Waals surface area contributed by atoms with Crippen molar-refractivity contribution in [2.75, 3.05) is 36.4 Å². The summed E-state index contributed by atoms with van der Waals surface area (Å²) in [6.07, 6.45) is 0.540. The zero-order valence-corrected chi connectivity index (χ0v) is 19.1. The van der Waals surface area contributed by atoms with E-state index in [0.717, 1.165) is 31.9 Å². The van der Waals surface area contributed by atoms with Crippen LogP contribution in [0.1, 0.15) is 23.9 Å². The number of anilines is 2. The summed E-state index contributed by atoms with van der Waals surface area (Å²) >= 11 is 12.2. The number of rotatable bonds is 5. The maximum Gasteiger partial charge on any atom is 0.291 e. The van der Waals surface area contributed by atoms with Gasteiger partial charge < -0.3 is 19.5 Å². The van der Waals surface area contributed by atoms with E-state index >= 15 is 0 Å². The summed E-state index contributed by atoms with van der Waals surface area (Å²) in [6.45, 7) is 4.92. The number of furan rings is 1. The molecule has 4 rings (SSSR count). The molecule has 0 aliphatic carbocycles. The van der Waals surface area contributed by atoms with Gasteiger partial charge in [0, 0.05) is 54.6 Å². The maximum absolute atomic E-state index is 12.6. The van der Waals surface area contributed by atoms with Gasteiger partial charge in [-0.2, -0.15) is 0 Å². The van der Waals surface area contributed by atoms with Crippen molar-refractivity contribution in [3.05, 3.63) is 70.4 Å². The second-order valence-corrected chi connectivity index (χ2v) is 8.35. The number of benzene rings is 2. The average molecular weight is 472 g/mol. The highest BCUT2D eigenvalue weighted by Gasteiger charge is 2.20. The van der Waals surface area contributed by atoms with Crippen molar-refractivity contribution < 1.29 is 14.0 Å². The predicted octanol–water partition coefficient (Wildman–Crippen LogP) is 5.56. The second kappa shape index (κ2) is 9.67. The lowest BCUT2D eigenvalue weighted by Crippen LogP contribution is -2.48. The molecule has 0 unspecified atom stereocenters.